The molecule has 3 aromatic carbocycles. The zero-order valence-electron chi connectivity index (χ0n) is 22.5. The normalized spacial score (nSPS) is 22.5. The summed E-state index contributed by atoms with van der Waals surface area (Å²) in [6, 6.07) is 18.2. The van der Waals surface area contributed by atoms with Gasteiger partial charge in [-0.15, -0.1) is 0 Å². The first-order valence-electron chi connectivity index (χ1n) is 13.0. The Labute approximate surface area is 280 Å². The number of rotatable bonds is 5. The standard InChI is InChI=1S/C30H24Br2N2O7.Na/c31-21-10-5-16(15-22(21)32)25-23(28(37)33-17-6-8-18(9-7-17)34-11-13-40-14-12-34)24(29(38)39)30(41-25)26(35)19-3-1-2-4-20(19)27(30)36;/h1-10,15,23-25H,11-14H2,(H,33,37)(H,38,39);/q;+1/p-1/t23-,24-,25-;/m1./s1. The number of Topliss-reactive ketones (excluding diaryl/α,β-unsaturated/α-hetero) is 2. The van der Waals surface area contributed by atoms with Crippen LogP contribution in [0.2, 0.25) is 0 Å². The van der Waals surface area contributed by atoms with Crippen LogP contribution in [0.15, 0.2) is 75.7 Å². The fourth-order valence-corrected chi connectivity index (χ4v) is 6.56. The van der Waals surface area contributed by atoms with Crippen molar-refractivity contribution in [1.82, 2.24) is 0 Å². The molecule has 2 heterocycles. The second-order valence-electron chi connectivity index (χ2n) is 10.1. The van der Waals surface area contributed by atoms with Gasteiger partial charge in [0.25, 0.3) is 0 Å². The number of ketones is 2. The van der Waals surface area contributed by atoms with Crippen molar-refractivity contribution < 1.29 is 63.3 Å². The number of carboxylic acid groups (broad SMARTS) is 1. The van der Waals surface area contributed by atoms with Crippen molar-refractivity contribution >= 4 is 66.7 Å². The number of hydrogen-bond acceptors (Lipinski definition) is 8. The van der Waals surface area contributed by atoms with Gasteiger partial charge in [-0.1, -0.05) is 30.3 Å². The van der Waals surface area contributed by atoms with Crippen LogP contribution in [0.1, 0.15) is 32.4 Å². The Bertz CT molecular complexity index is 1540. The maximum absolute atomic E-state index is 13.9. The molecule has 0 aromatic heterocycles. The summed E-state index contributed by atoms with van der Waals surface area (Å²) in [7, 11) is 0. The quantitative estimate of drug-likeness (QED) is 0.302. The van der Waals surface area contributed by atoms with Crippen molar-refractivity contribution in [2.75, 3.05) is 36.5 Å². The molecule has 1 amide bonds. The average molecular weight is 706 g/mol. The minimum absolute atomic E-state index is 0. The van der Waals surface area contributed by atoms with E-state index in [1.807, 2.05) is 12.1 Å². The number of ether oxygens (including phenoxy) is 2. The molecule has 3 atom stereocenters. The molecule has 1 N–H and O–H groups in total. The number of morpholine rings is 1. The number of carboxylic acids is 1. The van der Waals surface area contributed by atoms with E-state index in [2.05, 4.69) is 42.1 Å². The fourth-order valence-electron chi connectivity index (χ4n) is 5.92. The van der Waals surface area contributed by atoms with Crippen LogP contribution in [-0.4, -0.2) is 55.3 Å². The van der Waals surface area contributed by atoms with Gasteiger partial charge in [-0.05, 0) is 73.8 Å². The molecule has 12 heteroatoms. The van der Waals surface area contributed by atoms with E-state index >= 15 is 0 Å². The van der Waals surface area contributed by atoms with Crippen molar-refractivity contribution in [2.45, 2.75) is 11.7 Å². The van der Waals surface area contributed by atoms with E-state index in [4.69, 9.17) is 9.47 Å². The minimum atomic E-state index is -2.44. The van der Waals surface area contributed by atoms with Crippen molar-refractivity contribution in [3.8, 4) is 0 Å². The van der Waals surface area contributed by atoms with Crippen molar-refractivity contribution in [2.24, 2.45) is 11.8 Å². The predicted molar refractivity (Wildman–Crippen MR) is 154 cm³/mol. The number of nitrogens with one attached hydrogen (secondary N) is 1. The van der Waals surface area contributed by atoms with Gasteiger partial charge in [0.15, 0.2) is 0 Å². The van der Waals surface area contributed by atoms with Crippen molar-refractivity contribution in [3.63, 3.8) is 0 Å². The van der Waals surface area contributed by atoms with E-state index in [-0.39, 0.29) is 40.7 Å². The number of benzene rings is 3. The van der Waals surface area contributed by atoms with Gasteiger partial charge in [0.2, 0.25) is 23.1 Å². The molecular weight excluding hydrogens is 683 g/mol. The number of aliphatic carboxylic acids is 1. The van der Waals surface area contributed by atoms with Crippen LogP contribution in [0.4, 0.5) is 11.4 Å². The Morgan fingerprint density at radius 2 is 1.52 bits per heavy atom. The maximum atomic E-state index is 13.9. The van der Waals surface area contributed by atoms with E-state index in [9.17, 15) is 24.3 Å². The van der Waals surface area contributed by atoms with Crippen molar-refractivity contribution in [1.29, 1.82) is 0 Å². The van der Waals surface area contributed by atoms with E-state index in [0.717, 1.165) is 18.8 Å². The predicted octanol–water partition coefficient (Wildman–Crippen LogP) is 0.562. The summed E-state index contributed by atoms with van der Waals surface area (Å²) >= 11 is 6.84. The first-order valence-corrected chi connectivity index (χ1v) is 14.6. The van der Waals surface area contributed by atoms with Gasteiger partial charge in [-0.25, -0.2) is 0 Å². The third kappa shape index (κ3) is 5.19. The van der Waals surface area contributed by atoms with Crippen LogP contribution >= 0.6 is 31.9 Å². The Hall–Kier alpha value is -2.38. The van der Waals surface area contributed by atoms with Gasteiger partial charge < -0.3 is 29.6 Å². The van der Waals surface area contributed by atoms with Crippen LogP contribution in [0.3, 0.4) is 0 Å². The third-order valence-corrected chi connectivity index (χ3v) is 9.75. The number of carbonyl (C=O) groups excluding carboxylic acids is 4. The molecule has 42 heavy (non-hydrogen) atoms. The summed E-state index contributed by atoms with van der Waals surface area (Å²) in [4.78, 5) is 56.4. The van der Waals surface area contributed by atoms with Crippen LogP contribution in [0, 0.1) is 11.8 Å². The number of amides is 1. The summed E-state index contributed by atoms with van der Waals surface area (Å²) in [5.41, 5.74) is -0.525. The molecule has 0 radical (unpaired) electrons. The van der Waals surface area contributed by atoms with Crippen molar-refractivity contribution in [3.05, 3.63) is 92.4 Å². The Balaban J connectivity index is 0.00000353. The largest absolute Gasteiger partial charge is 1.00 e. The van der Waals surface area contributed by atoms with Crippen LogP contribution in [-0.2, 0) is 19.1 Å². The van der Waals surface area contributed by atoms with Gasteiger partial charge in [0.1, 0.15) is 0 Å². The molecule has 1 spiro atoms. The number of hydrogen-bond donors (Lipinski definition) is 1. The fraction of sp³-hybridized carbons (Fsp3) is 0.267. The summed E-state index contributed by atoms with van der Waals surface area (Å²) in [6.07, 6.45) is -1.24. The molecule has 210 valence electrons. The second-order valence-corrected chi connectivity index (χ2v) is 11.8. The van der Waals surface area contributed by atoms with Crippen LogP contribution in [0.25, 0.3) is 0 Å². The molecule has 0 bridgehead atoms. The number of anilines is 2. The molecule has 3 aliphatic rings. The zero-order chi connectivity index (χ0) is 28.9. The minimum Gasteiger partial charge on any atom is -0.550 e. The van der Waals surface area contributed by atoms with E-state index in [1.54, 1.807) is 42.5 Å². The summed E-state index contributed by atoms with van der Waals surface area (Å²) in [5, 5.41) is 15.6. The molecule has 1 aliphatic carbocycles. The molecule has 9 nitrogen and oxygen atoms in total. The third-order valence-electron chi connectivity index (χ3n) is 7.87. The number of carbonyl (C=O) groups is 4. The molecular formula is C30H23Br2N2NaO7. The maximum Gasteiger partial charge on any atom is 1.00 e. The average Bonchev–Trinajstić information content (AvgIpc) is 3.45. The first kappa shape index (κ1) is 31.1. The first-order chi connectivity index (χ1) is 19.7. The SMILES string of the molecule is O=C(Nc1ccc(N2CCOCC2)cc1)[C@H]1[C@@H](c2ccc(Br)c(Br)c2)OC2(C(=O)c3ccccc3C2=O)[C@H]1C(=O)[O-].[Na+]. The molecule has 3 aromatic rings. The topological polar surface area (TPSA) is 125 Å². The molecule has 6 rings (SSSR count). The Morgan fingerprint density at radius 3 is 2.10 bits per heavy atom. The van der Waals surface area contributed by atoms with Gasteiger partial charge in [-0.3, -0.25) is 14.4 Å². The van der Waals surface area contributed by atoms with Crippen LogP contribution in [0.5, 0.6) is 0 Å². The van der Waals surface area contributed by atoms with E-state index in [0.29, 0.717) is 33.4 Å². The summed E-state index contributed by atoms with van der Waals surface area (Å²) < 4.78 is 12.9. The molecule has 2 aliphatic heterocycles. The van der Waals surface area contributed by atoms with Crippen LogP contribution < -0.4 is 44.9 Å². The molecule has 0 unspecified atom stereocenters. The zero-order valence-corrected chi connectivity index (χ0v) is 27.6. The number of nitrogens with zero attached hydrogens (tertiary/aromatic N) is 1. The van der Waals surface area contributed by atoms with E-state index < -0.39 is 47.0 Å². The van der Waals surface area contributed by atoms with Gasteiger partial charge in [0, 0.05) is 50.5 Å². The van der Waals surface area contributed by atoms with Gasteiger partial charge in [0.05, 0.1) is 31.2 Å². The monoisotopic (exact) mass is 704 g/mol. The number of halogens is 2. The summed E-state index contributed by atoms with van der Waals surface area (Å²) in [6.45, 7) is 2.74. The molecule has 2 saturated heterocycles. The molecule has 0 saturated carbocycles. The van der Waals surface area contributed by atoms with E-state index in [1.165, 1.54) is 12.1 Å². The van der Waals surface area contributed by atoms with Gasteiger partial charge >= 0.3 is 29.6 Å². The van der Waals surface area contributed by atoms with Gasteiger partial charge in [-0.2, -0.15) is 0 Å². The Kier molecular flexibility index (Phi) is 9.11. The Morgan fingerprint density at radius 1 is 0.905 bits per heavy atom. The smallest absolute Gasteiger partial charge is 0.550 e. The summed E-state index contributed by atoms with van der Waals surface area (Å²) in [5.74, 6) is -7.36. The second kappa shape index (κ2) is 12.3. The number of fused-ring (bicyclic) bond motifs is 1. The molecule has 2 fully saturated rings.